The van der Waals surface area contributed by atoms with Crippen molar-refractivity contribution in [3.63, 3.8) is 0 Å². The zero-order valence-electron chi connectivity index (χ0n) is 8.05. The predicted molar refractivity (Wildman–Crippen MR) is 64.2 cm³/mol. The van der Waals surface area contributed by atoms with Gasteiger partial charge in [0.15, 0.2) is 0 Å². The second kappa shape index (κ2) is 5.43. The smallest absolute Gasteiger partial charge is 0.338 e. The van der Waals surface area contributed by atoms with Gasteiger partial charge in [0.2, 0.25) is 0 Å². The van der Waals surface area contributed by atoms with Gasteiger partial charge in [-0.2, -0.15) is 0 Å². The second-order valence-corrected chi connectivity index (χ2v) is 5.59. The van der Waals surface area contributed by atoms with Gasteiger partial charge in [0.05, 0.1) is 20.2 Å². The van der Waals surface area contributed by atoms with Crippen molar-refractivity contribution in [3.8, 4) is 0 Å². The van der Waals surface area contributed by atoms with Crippen LogP contribution in [0.25, 0.3) is 0 Å². The summed E-state index contributed by atoms with van der Waals surface area (Å²) in [5, 5.41) is 20.4. The minimum atomic E-state index is -0.995. The maximum atomic E-state index is 11.0. The Balaban J connectivity index is 3.41. The van der Waals surface area contributed by atoms with Gasteiger partial charge in [-0.3, -0.25) is 0 Å². The summed E-state index contributed by atoms with van der Waals surface area (Å²) in [6, 6.07) is 0. The number of carboxylic acids is 1. The molecular formula is C8H9NO3S3. The first-order valence-corrected chi connectivity index (χ1v) is 7.07. The third-order valence-electron chi connectivity index (χ3n) is 1.65. The molecule has 0 amide bonds. The molecular weight excluding hydrogens is 254 g/mol. The molecule has 1 heterocycles. The van der Waals surface area contributed by atoms with Gasteiger partial charge in [-0.1, -0.05) is 5.16 Å². The van der Waals surface area contributed by atoms with Crippen LogP contribution in [-0.4, -0.2) is 35.0 Å². The minimum Gasteiger partial charge on any atom is -0.478 e. The maximum Gasteiger partial charge on any atom is 0.338 e. The monoisotopic (exact) mass is 263 g/mol. The van der Waals surface area contributed by atoms with E-state index in [1.165, 1.54) is 41.1 Å². The van der Waals surface area contributed by atoms with Crippen LogP contribution in [0.2, 0.25) is 0 Å². The van der Waals surface area contributed by atoms with Gasteiger partial charge >= 0.3 is 5.97 Å². The van der Waals surface area contributed by atoms with Crippen molar-refractivity contribution in [1.82, 2.24) is 0 Å². The molecule has 0 aliphatic carbocycles. The third kappa shape index (κ3) is 2.47. The van der Waals surface area contributed by atoms with Crippen molar-refractivity contribution >= 4 is 47.0 Å². The Morgan fingerprint density at radius 2 is 2.00 bits per heavy atom. The van der Waals surface area contributed by atoms with Crippen molar-refractivity contribution < 1.29 is 15.1 Å². The van der Waals surface area contributed by atoms with Crippen LogP contribution in [0.1, 0.15) is 15.9 Å². The number of nitrogens with zero attached hydrogens (tertiary/aromatic N) is 1. The Kier molecular flexibility index (Phi) is 4.49. The number of aromatic carboxylic acids is 1. The number of carbonyl (C=O) groups is 1. The van der Waals surface area contributed by atoms with Crippen molar-refractivity contribution in [2.24, 2.45) is 5.16 Å². The number of thioether (sulfide) groups is 2. The van der Waals surface area contributed by atoms with E-state index in [1.54, 1.807) is 0 Å². The molecule has 1 rings (SSSR count). The quantitative estimate of drug-likeness (QED) is 0.378. The first-order chi connectivity index (χ1) is 7.15. The summed E-state index contributed by atoms with van der Waals surface area (Å²) in [6.45, 7) is 0. The number of hydrogen-bond donors (Lipinski definition) is 2. The zero-order valence-corrected chi connectivity index (χ0v) is 10.5. The van der Waals surface area contributed by atoms with E-state index < -0.39 is 5.97 Å². The largest absolute Gasteiger partial charge is 0.478 e. The lowest BCUT2D eigenvalue weighted by molar-refractivity contribution is 0.0694. The molecule has 0 aromatic carbocycles. The maximum absolute atomic E-state index is 11.0. The van der Waals surface area contributed by atoms with Crippen LogP contribution >= 0.6 is 34.9 Å². The van der Waals surface area contributed by atoms with Gasteiger partial charge in [0.1, 0.15) is 0 Å². The fraction of sp³-hybridized carbons (Fsp3) is 0.250. The molecule has 0 atom stereocenters. The molecule has 0 fully saturated rings. The topological polar surface area (TPSA) is 69.9 Å². The normalized spacial score (nSPS) is 11.1. The fourth-order valence-corrected chi connectivity index (χ4v) is 3.91. The van der Waals surface area contributed by atoms with E-state index in [4.69, 9.17) is 10.3 Å². The van der Waals surface area contributed by atoms with Crippen LogP contribution in [0.4, 0.5) is 0 Å². The molecule has 0 radical (unpaired) electrons. The van der Waals surface area contributed by atoms with Gasteiger partial charge < -0.3 is 10.3 Å². The Morgan fingerprint density at radius 1 is 1.40 bits per heavy atom. The van der Waals surface area contributed by atoms with E-state index in [1.807, 2.05) is 12.5 Å². The number of oxime groups is 1. The predicted octanol–water partition coefficient (Wildman–Crippen LogP) is 2.70. The van der Waals surface area contributed by atoms with Crippen LogP contribution in [0.3, 0.4) is 0 Å². The highest BCUT2D eigenvalue weighted by Gasteiger charge is 2.21. The molecule has 0 aliphatic rings. The van der Waals surface area contributed by atoms with Gasteiger partial charge in [-0.05, 0) is 12.5 Å². The van der Waals surface area contributed by atoms with Crippen LogP contribution < -0.4 is 0 Å². The second-order valence-electron chi connectivity index (χ2n) is 2.42. The SMILES string of the molecule is CSc1sc(SC)c(C(=O)O)c1/C=N\O. The van der Waals surface area contributed by atoms with Gasteiger partial charge in [0.25, 0.3) is 0 Å². The molecule has 2 N–H and O–H groups in total. The molecule has 0 bridgehead atoms. The fourth-order valence-electron chi connectivity index (χ4n) is 1.08. The van der Waals surface area contributed by atoms with Crippen molar-refractivity contribution in [2.75, 3.05) is 12.5 Å². The highest BCUT2D eigenvalue weighted by molar-refractivity contribution is 8.02. The number of hydrogen-bond acceptors (Lipinski definition) is 6. The average molecular weight is 263 g/mol. The Bertz CT molecular complexity index is 400. The van der Waals surface area contributed by atoms with E-state index in [0.29, 0.717) is 5.56 Å². The van der Waals surface area contributed by atoms with Crippen LogP contribution in [0.5, 0.6) is 0 Å². The van der Waals surface area contributed by atoms with Crippen molar-refractivity contribution in [2.45, 2.75) is 8.42 Å². The Hall–Kier alpha value is -0.660. The van der Waals surface area contributed by atoms with Gasteiger partial charge in [-0.15, -0.1) is 34.9 Å². The molecule has 0 spiro atoms. The zero-order chi connectivity index (χ0) is 11.4. The highest BCUT2D eigenvalue weighted by atomic mass is 32.2. The number of carboxylic acid groups (broad SMARTS) is 1. The van der Waals surface area contributed by atoms with Gasteiger partial charge in [0, 0.05) is 5.56 Å². The Labute approximate surface area is 99.4 Å². The summed E-state index contributed by atoms with van der Waals surface area (Å²) in [4.78, 5) is 11.0. The number of thiophene rings is 1. The molecule has 15 heavy (non-hydrogen) atoms. The van der Waals surface area contributed by atoms with Gasteiger partial charge in [-0.25, -0.2) is 4.79 Å². The van der Waals surface area contributed by atoms with E-state index in [9.17, 15) is 4.79 Å². The average Bonchev–Trinajstić information content (AvgIpc) is 2.56. The van der Waals surface area contributed by atoms with E-state index in [2.05, 4.69) is 5.16 Å². The molecule has 7 heteroatoms. The standard InChI is InChI=1S/C8H9NO3S3/c1-13-7-4(3-9-12)5(6(10)11)8(14-2)15-7/h3,12H,1-2H3,(H,10,11)/b9-3-. The summed E-state index contributed by atoms with van der Waals surface area (Å²) in [5.74, 6) is -0.995. The molecule has 82 valence electrons. The lowest BCUT2D eigenvalue weighted by atomic mass is 10.2. The summed E-state index contributed by atoms with van der Waals surface area (Å²) >= 11 is 4.22. The van der Waals surface area contributed by atoms with E-state index in [-0.39, 0.29) is 5.56 Å². The molecule has 1 aromatic heterocycles. The summed E-state index contributed by atoms with van der Waals surface area (Å²) in [6.07, 6.45) is 4.85. The number of rotatable bonds is 4. The van der Waals surface area contributed by atoms with Crippen LogP contribution in [0, 0.1) is 0 Å². The minimum absolute atomic E-state index is 0.217. The van der Waals surface area contributed by atoms with E-state index >= 15 is 0 Å². The molecule has 0 aliphatic heterocycles. The van der Waals surface area contributed by atoms with E-state index in [0.717, 1.165) is 8.42 Å². The van der Waals surface area contributed by atoms with Crippen molar-refractivity contribution in [1.29, 1.82) is 0 Å². The third-order valence-corrected chi connectivity index (χ3v) is 5.11. The van der Waals surface area contributed by atoms with Crippen molar-refractivity contribution in [3.05, 3.63) is 11.1 Å². The van der Waals surface area contributed by atoms with Crippen LogP contribution in [0.15, 0.2) is 13.6 Å². The molecule has 1 aromatic rings. The molecule has 0 saturated carbocycles. The molecule has 0 unspecified atom stereocenters. The highest BCUT2D eigenvalue weighted by Crippen LogP contribution is 2.39. The summed E-state index contributed by atoms with van der Waals surface area (Å²) in [7, 11) is 0. The first-order valence-electron chi connectivity index (χ1n) is 3.81. The van der Waals surface area contributed by atoms with Crippen LogP contribution in [-0.2, 0) is 0 Å². The first kappa shape index (κ1) is 12.4. The molecule has 0 saturated heterocycles. The summed E-state index contributed by atoms with van der Waals surface area (Å²) in [5.41, 5.74) is 0.696. The lowest BCUT2D eigenvalue weighted by Gasteiger charge is -1.96. The Morgan fingerprint density at radius 3 is 2.40 bits per heavy atom. The summed E-state index contributed by atoms with van der Waals surface area (Å²) < 4.78 is 1.57. The lowest BCUT2D eigenvalue weighted by Crippen LogP contribution is -2.00. The molecule has 4 nitrogen and oxygen atoms in total.